The van der Waals surface area contributed by atoms with Gasteiger partial charge in [0.2, 0.25) is 5.91 Å². The van der Waals surface area contributed by atoms with Gasteiger partial charge in [-0.15, -0.1) is 23.1 Å². The molecule has 1 unspecified atom stereocenters. The molecule has 1 amide bonds. The number of carbonyl (C=O) groups excluding carboxylic acids is 1. The van der Waals surface area contributed by atoms with Crippen LogP contribution < -0.4 is 5.32 Å². The first-order chi connectivity index (χ1) is 16.8. The zero-order valence-electron chi connectivity index (χ0n) is 20.2. The predicted molar refractivity (Wildman–Crippen MR) is 142 cm³/mol. The van der Waals surface area contributed by atoms with E-state index >= 15 is 0 Å². The highest BCUT2D eigenvalue weighted by Gasteiger charge is 2.32. The highest BCUT2D eigenvalue weighted by atomic mass is 32.2. The lowest BCUT2D eigenvalue weighted by Gasteiger charge is -2.33. The van der Waals surface area contributed by atoms with Crippen LogP contribution in [0.15, 0.2) is 47.5 Å². The van der Waals surface area contributed by atoms with Crippen LogP contribution in [0, 0.1) is 34.0 Å². The lowest BCUT2D eigenvalue weighted by Crippen LogP contribution is -2.26. The molecule has 0 fully saturated rings. The first kappa shape index (κ1) is 25.0. The van der Waals surface area contributed by atoms with Crippen molar-refractivity contribution in [1.82, 2.24) is 4.98 Å². The number of nitriles is 2. The number of thioether (sulfide) groups is 1. The molecule has 0 bridgehead atoms. The number of benzene rings is 1. The van der Waals surface area contributed by atoms with Crippen molar-refractivity contribution in [3.63, 3.8) is 0 Å². The molecule has 0 spiro atoms. The second-order valence-corrected chi connectivity index (χ2v) is 12.0. The standard InChI is InChI=1S/C28H28N4OS2/c1-28(2,3)20-10-11-21-22(17-30)27(35-24(21)15-20)32-25(33)13-14-34-26-19(16-29)9-12-23(31-26)18-7-5-4-6-8-18/h4-9,12,20H,10-11,13-15H2,1-3H3,(H,32,33). The van der Waals surface area contributed by atoms with E-state index in [1.165, 1.54) is 16.6 Å². The minimum absolute atomic E-state index is 0.127. The van der Waals surface area contributed by atoms with Gasteiger partial charge in [0.25, 0.3) is 0 Å². The summed E-state index contributed by atoms with van der Waals surface area (Å²) in [5, 5.41) is 23.5. The molecule has 0 saturated heterocycles. The fourth-order valence-electron chi connectivity index (χ4n) is 4.37. The molecule has 1 atom stereocenters. The number of aromatic nitrogens is 1. The van der Waals surface area contributed by atoms with Crippen LogP contribution in [0.4, 0.5) is 5.00 Å². The Kier molecular flexibility index (Phi) is 7.60. The molecule has 1 N–H and O–H groups in total. The molecule has 4 rings (SSSR count). The Balaban J connectivity index is 1.41. The average Bonchev–Trinajstić information content (AvgIpc) is 3.20. The first-order valence-electron chi connectivity index (χ1n) is 11.7. The van der Waals surface area contributed by atoms with E-state index in [-0.39, 0.29) is 17.7 Å². The van der Waals surface area contributed by atoms with Gasteiger partial charge in [-0.2, -0.15) is 10.5 Å². The number of hydrogen-bond donors (Lipinski definition) is 1. The summed E-state index contributed by atoms with van der Waals surface area (Å²) in [6, 6.07) is 17.9. The molecule has 3 aromatic rings. The van der Waals surface area contributed by atoms with Crippen LogP contribution in [-0.2, 0) is 17.6 Å². The largest absolute Gasteiger partial charge is 0.317 e. The molecule has 1 aliphatic rings. The molecule has 7 heteroatoms. The zero-order chi connectivity index (χ0) is 25.0. The molecular formula is C28H28N4OS2. The third-order valence-corrected chi connectivity index (χ3v) is 8.64. The van der Waals surface area contributed by atoms with Crippen molar-refractivity contribution in [1.29, 1.82) is 10.5 Å². The number of anilines is 1. The van der Waals surface area contributed by atoms with Gasteiger partial charge in [-0.3, -0.25) is 4.79 Å². The van der Waals surface area contributed by atoms with E-state index in [1.807, 2.05) is 36.4 Å². The highest BCUT2D eigenvalue weighted by Crippen LogP contribution is 2.44. The Morgan fingerprint density at radius 3 is 2.63 bits per heavy atom. The zero-order valence-corrected chi connectivity index (χ0v) is 21.9. The Morgan fingerprint density at radius 2 is 1.94 bits per heavy atom. The van der Waals surface area contributed by atoms with Crippen molar-refractivity contribution in [3.8, 4) is 23.4 Å². The van der Waals surface area contributed by atoms with Gasteiger partial charge in [-0.25, -0.2) is 4.98 Å². The maximum Gasteiger partial charge on any atom is 0.225 e. The molecule has 2 heterocycles. The SMILES string of the molecule is CC(C)(C)C1CCc2c(sc(NC(=O)CCSc3nc(-c4ccccc4)ccc3C#N)c2C#N)C1. The predicted octanol–water partition coefficient (Wildman–Crippen LogP) is 6.83. The van der Waals surface area contributed by atoms with Crippen LogP contribution in [0.2, 0.25) is 0 Å². The van der Waals surface area contributed by atoms with Gasteiger partial charge in [0.15, 0.2) is 0 Å². The molecule has 178 valence electrons. The van der Waals surface area contributed by atoms with Crippen LogP contribution >= 0.6 is 23.1 Å². The monoisotopic (exact) mass is 500 g/mol. The topological polar surface area (TPSA) is 89.6 Å². The second-order valence-electron chi connectivity index (χ2n) is 9.80. The molecule has 0 saturated carbocycles. The fourth-order valence-corrected chi connectivity index (χ4v) is 6.57. The maximum absolute atomic E-state index is 12.7. The Morgan fingerprint density at radius 1 is 1.17 bits per heavy atom. The van der Waals surface area contributed by atoms with Gasteiger partial charge < -0.3 is 5.32 Å². The lowest BCUT2D eigenvalue weighted by atomic mass is 9.72. The van der Waals surface area contributed by atoms with Crippen LogP contribution in [0.3, 0.4) is 0 Å². The van der Waals surface area contributed by atoms with E-state index in [4.69, 9.17) is 0 Å². The fraction of sp³-hybridized carbons (Fsp3) is 0.357. The van der Waals surface area contributed by atoms with Gasteiger partial charge in [0.1, 0.15) is 22.2 Å². The Bertz CT molecular complexity index is 1310. The van der Waals surface area contributed by atoms with E-state index in [1.54, 1.807) is 17.4 Å². The van der Waals surface area contributed by atoms with Crippen LogP contribution in [0.25, 0.3) is 11.3 Å². The number of nitrogens with one attached hydrogen (secondary N) is 1. The van der Waals surface area contributed by atoms with E-state index in [2.05, 4.69) is 43.2 Å². The van der Waals surface area contributed by atoms with Gasteiger partial charge in [-0.05, 0) is 48.3 Å². The quantitative estimate of drug-likeness (QED) is 0.375. The maximum atomic E-state index is 12.7. The third kappa shape index (κ3) is 5.75. The highest BCUT2D eigenvalue weighted by molar-refractivity contribution is 7.99. The summed E-state index contributed by atoms with van der Waals surface area (Å²) in [4.78, 5) is 18.6. The molecular weight excluding hydrogens is 472 g/mol. The number of fused-ring (bicyclic) bond motifs is 1. The number of carbonyl (C=O) groups is 1. The van der Waals surface area contributed by atoms with Crippen molar-refractivity contribution in [2.45, 2.75) is 51.5 Å². The lowest BCUT2D eigenvalue weighted by molar-refractivity contribution is -0.115. The Labute approximate surface area is 215 Å². The van der Waals surface area contributed by atoms with Crippen molar-refractivity contribution >= 4 is 34.0 Å². The molecule has 2 aromatic heterocycles. The molecule has 5 nitrogen and oxygen atoms in total. The number of rotatable bonds is 6. The van der Waals surface area contributed by atoms with Gasteiger partial charge in [0.05, 0.1) is 16.8 Å². The Hall–Kier alpha value is -3.13. The number of thiophene rings is 1. The molecule has 35 heavy (non-hydrogen) atoms. The summed E-state index contributed by atoms with van der Waals surface area (Å²) in [5.74, 6) is 0.941. The molecule has 1 aromatic carbocycles. The van der Waals surface area contributed by atoms with Crippen LogP contribution in [0.5, 0.6) is 0 Å². The summed E-state index contributed by atoms with van der Waals surface area (Å²) in [7, 11) is 0. The van der Waals surface area contributed by atoms with Gasteiger partial charge in [0, 0.05) is 22.6 Å². The van der Waals surface area contributed by atoms with E-state index in [0.29, 0.717) is 32.8 Å². The van der Waals surface area contributed by atoms with Crippen molar-refractivity contribution in [2.24, 2.45) is 11.3 Å². The number of hydrogen-bond acceptors (Lipinski definition) is 6. The van der Waals surface area contributed by atoms with Crippen molar-refractivity contribution in [2.75, 3.05) is 11.1 Å². The van der Waals surface area contributed by atoms with Gasteiger partial charge in [-0.1, -0.05) is 51.1 Å². The summed E-state index contributed by atoms with van der Waals surface area (Å²) in [5.41, 5.74) is 4.25. The number of pyridine rings is 1. The summed E-state index contributed by atoms with van der Waals surface area (Å²) in [6.45, 7) is 6.80. The third-order valence-electron chi connectivity index (χ3n) is 6.47. The smallest absolute Gasteiger partial charge is 0.225 e. The number of amides is 1. The van der Waals surface area contributed by atoms with Crippen molar-refractivity contribution in [3.05, 3.63) is 64.0 Å². The van der Waals surface area contributed by atoms with Crippen LogP contribution in [-0.4, -0.2) is 16.6 Å². The normalized spacial score (nSPS) is 15.1. The van der Waals surface area contributed by atoms with E-state index in [9.17, 15) is 15.3 Å². The van der Waals surface area contributed by atoms with Crippen LogP contribution in [0.1, 0.15) is 55.2 Å². The molecule has 1 aliphatic carbocycles. The summed E-state index contributed by atoms with van der Waals surface area (Å²) >= 11 is 2.96. The summed E-state index contributed by atoms with van der Waals surface area (Å²) in [6.07, 6.45) is 3.19. The number of nitrogens with zero attached hydrogens (tertiary/aromatic N) is 3. The average molecular weight is 501 g/mol. The minimum Gasteiger partial charge on any atom is -0.317 e. The summed E-state index contributed by atoms with van der Waals surface area (Å²) < 4.78 is 0. The second kappa shape index (κ2) is 10.6. The van der Waals surface area contributed by atoms with Crippen molar-refractivity contribution < 1.29 is 4.79 Å². The minimum atomic E-state index is -0.127. The molecule has 0 radical (unpaired) electrons. The van der Waals surface area contributed by atoms with E-state index < -0.39 is 0 Å². The first-order valence-corrected chi connectivity index (χ1v) is 13.5. The van der Waals surface area contributed by atoms with E-state index in [0.717, 1.165) is 36.1 Å². The molecule has 0 aliphatic heterocycles. The van der Waals surface area contributed by atoms with Gasteiger partial charge >= 0.3 is 0 Å².